The van der Waals surface area contributed by atoms with E-state index in [1.165, 1.54) is 6.92 Å². The Kier molecular flexibility index (Phi) is 7.59. The smallest absolute Gasteiger partial charge is 0.347 e. The molecule has 2 N–H and O–H groups in total. The van der Waals surface area contributed by atoms with E-state index in [1.807, 2.05) is 19.9 Å². The highest BCUT2D eigenvalue weighted by molar-refractivity contribution is 5.86. The fraction of sp³-hybridized carbons (Fsp3) is 0.438. The minimum Gasteiger partial charge on any atom is -0.479 e. The average Bonchev–Trinajstić information content (AvgIpc) is 2.50. The van der Waals surface area contributed by atoms with E-state index in [1.54, 1.807) is 24.3 Å². The van der Waals surface area contributed by atoms with Crippen molar-refractivity contribution in [2.45, 2.75) is 32.9 Å². The molecule has 1 aromatic rings. The average molecular weight is 322 g/mol. The number of hydrogen-bond acceptors (Lipinski definition) is 5. The topological polar surface area (TPSA) is 93.7 Å². The molecule has 2 amide bonds. The van der Waals surface area contributed by atoms with Crippen molar-refractivity contribution in [3.63, 3.8) is 0 Å². The molecular formula is C16H22N2O5. The molecule has 7 nitrogen and oxygen atoms in total. The standard InChI is InChI=1S/C16H22N2O5/c1-11(2)18-14(19)9-17-15(20)10-22-16(21)12(3)23-13-7-5-4-6-8-13/h4-8,11-12H,9-10H2,1-3H3,(H,17,20)(H,18,19)/t12-/m1/s1. The largest absolute Gasteiger partial charge is 0.479 e. The van der Waals surface area contributed by atoms with Crippen molar-refractivity contribution in [1.82, 2.24) is 10.6 Å². The number of hydrogen-bond donors (Lipinski definition) is 2. The van der Waals surface area contributed by atoms with Gasteiger partial charge in [0.1, 0.15) is 5.75 Å². The van der Waals surface area contributed by atoms with Gasteiger partial charge in [-0.25, -0.2) is 4.79 Å². The Labute approximate surface area is 135 Å². The number of carbonyl (C=O) groups excluding carboxylic acids is 3. The molecule has 0 aliphatic carbocycles. The van der Waals surface area contributed by atoms with Gasteiger partial charge >= 0.3 is 5.97 Å². The minimum absolute atomic E-state index is 0.00628. The number of esters is 1. The van der Waals surface area contributed by atoms with Gasteiger partial charge in [-0.15, -0.1) is 0 Å². The normalized spacial score (nSPS) is 11.5. The predicted molar refractivity (Wildman–Crippen MR) is 83.8 cm³/mol. The summed E-state index contributed by atoms with van der Waals surface area (Å²) in [6, 6.07) is 8.81. The third-order valence-electron chi connectivity index (χ3n) is 2.63. The second-order valence-electron chi connectivity index (χ2n) is 5.18. The summed E-state index contributed by atoms with van der Waals surface area (Å²) in [6.45, 7) is 4.54. The van der Waals surface area contributed by atoms with Crippen molar-refractivity contribution >= 4 is 17.8 Å². The van der Waals surface area contributed by atoms with Crippen molar-refractivity contribution < 1.29 is 23.9 Å². The van der Waals surface area contributed by atoms with Crippen LogP contribution in [0.5, 0.6) is 5.75 Å². The quantitative estimate of drug-likeness (QED) is 0.685. The van der Waals surface area contributed by atoms with Crippen LogP contribution >= 0.6 is 0 Å². The second kappa shape index (κ2) is 9.45. The summed E-state index contributed by atoms with van der Waals surface area (Å²) in [5.41, 5.74) is 0. The molecule has 0 saturated carbocycles. The molecule has 7 heteroatoms. The zero-order chi connectivity index (χ0) is 17.2. The number of nitrogens with one attached hydrogen (secondary N) is 2. The van der Waals surface area contributed by atoms with Crippen LogP contribution in [-0.2, 0) is 19.1 Å². The SMILES string of the molecule is CC(C)NC(=O)CNC(=O)COC(=O)[C@@H](C)Oc1ccccc1. The third kappa shape index (κ3) is 7.85. The zero-order valence-corrected chi connectivity index (χ0v) is 13.5. The molecule has 0 heterocycles. The summed E-state index contributed by atoms with van der Waals surface area (Å²) in [4.78, 5) is 34.6. The van der Waals surface area contributed by atoms with Gasteiger partial charge in [0.2, 0.25) is 5.91 Å². The van der Waals surface area contributed by atoms with Gasteiger partial charge in [-0.1, -0.05) is 18.2 Å². The van der Waals surface area contributed by atoms with Crippen LogP contribution in [0.3, 0.4) is 0 Å². The maximum Gasteiger partial charge on any atom is 0.347 e. The van der Waals surface area contributed by atoms with Crippen LogP contribution in [0.1, 0.15) is 20.8 Å². The van der Waals surface area contributed by atoms with Gasteiger partial charge in [0.15, 0.2) is 12.7 Å². The maximum atomic E-state index is 11.7. The van der Waals surface area contributed by atoms with E-state index in [-0.39, 0.29) is 18.5 Å². The van der Waals surface area contributed by atoms with E-state index in [0.29, 0.717) is 5.75 Å². The number of ether oxygens (including phenoxy) is 2. The van der Waals surface area contributed by atoms with E-state index in [0.717, 1.165) is 0 Å². The molecule has 1 aromatic carbocycles. The van der Waals surface area contributed by atoms with E-state index in [4.69, 9.17) is 9.47 Å². The molecular weight excluding hydrogens is 300 g/mol. The van der Waals surface area contributed by atoms with Crippen molar-refractivity contribution in [2.24, 2.45) is 0 Å². The first-order valence-corrected chi connectivity index (χ1v) is 7.33. The maximum absolute atomic E-state index is 11.7. The van der Waals surface area contributed by atoms with E-state index in [2.05, 4.69) is 10.6 Å². The van der Waals surface area contributed by atoms with Crippen LogP contribution in [0, 0.1) is 0 Å². The van der Waals surface area contributed by atoms with Crippen molar-refractivity contribution in [1.29, 1.82) is 0 Å². The van der Waals surface area contributed by atoms with Crippen molar-refractivity contribution in [3.05, 3.63) is 30.3 Å². The lowest BCUT2D eigenvalue weighted by Gasteiger charge is -2.14. The van der Waals surface area contributed by atoms with Gasteiger partial charge in [-0.05, 0) is 32.9 Å². The predicted octanol–water partition coefficient (Wildman–Crippen LogP) is 0.638. The van der Waals surface area contributed by atoms with Crippen molar-refractivity contribution in [2.75, 3.05) is 13.2 Å². The lowest BCUT2D eigenvalue weighted by molar-refractivity contribution is -0.154. The molecule has 0 aromatic heterocycles. The van der Waals surface area contributed by atoms with Gasteiger partial charge in [-0.3, -0.25) is 9.59 Å². The zero-order valence-electron chi connectivity index (χ0n) is 13.5. The molecule has 1 rings (SSSR count). The molecule has 23 heavy (non-hydrogen) atoms. The molecule has 0 aliphatic heterocycles. The van der Waals surface area contributed by atoms with Crippen LogP contribution in [-0.4, -0.2) is 43.1 Å². The lowest BCUT2D eigenvalue weighted by Crippen LogP contribution is -2.41. The Morgan fingerprint density at radius 1 is 1.04 bits per heavy atom. The fourth-order valence-corrected chi connectivity index (χ4v) is 1.61. The van der Waals surface area contributed by atoms with Gasteiger partial charge in [-0.2, -0.15) is 0 Å². The molecule has 126 valence electrons. The highest BCUT2D eigenvalue weighted by Crippen LogP contribution is 2.11. The Morgan fingerprint density at radius 3 is 2.30 bits per heavy atom. The molecule has 0 saturated heterocycles. The summed E-state index contributed by atoms with van der Waals surface area (Å²) in [5.74, 6) is -0.980. The van der Waals surface area contributed by atoms with Gasteiger partial charge < -0.3 is 20.1 Å². The van der Waals surface area contributed by atoms with Gasteiger partial charge in [0.25, 0.3) is 5.91 Å². The third-order valence-corrected chi connectivity index (χ3v) is 2.63. The molecule has 0 unspecified atom stereocenters. The highest BCUT2D eigenvalue weighted by atomic mass is 16.6. The molecule has 1 atom stereocenters. The van der Waals surface area contributed by atoms with E-state index in [9.17, 15) is 14.4 Å². The Hall–Kier alpha value is -2.57. The first-order valence-electron chi connectivity index (χ1n) is 7.33. The van der Waals surface area contributed by atoms with Crippen LogP contribution in [0.4, 0.5) is 0 Å². The Morgan fingerprint density at radius 2 is 1.70 bits per heavy atom. The second-order valence-corrected chi connectivity index (χ2v) is 5.18. The fourth-order valence-electron chi connectivity index (χ4n) is 1.61. The first-order chi connectivity index (χ1) is 10.9. The molecule has 0 spiro atoms. The lowest BCUT2D eigenvalue weighted by atomic mass is 10.3. The van der Waals surface area contributed by atoms with E-state index < -0.39 is 24.6 Å². The number of amides is 2. The number of benzene rings is 1. The monoisotopic (exact) mass is 322 g/mol. The van der Waals surface area contributed by atoms with Gasteiger partial charge in [0, 0.05) is 6.04 Å². The van der Waals surface area contributed by atoms with Crippen LogP contribution in [0.2, 0.25) is 0 Å². The Bertz CT molecular complexity index is 531. The summed E-state index contributed by atoms with van der Waals surface area (Å²) in [7, 11) is 0. The van der Waals surface area contributed by atoms with Crippen LogP contribution in [0.15, 0.2) is 30.3 Å². The van der Waals surface area contributed by atoms with Crippen LogP contribution < -0.4 is 15.4 Å². The van der Waals surface area contributed by atoms with Gasteiger partial charge in [0.05, 0.1) is 6.54 Å². The molecule has 0 fully saturated rings. The molecule has 0 radical (unpaired) electrons. The minimum atomic E-state index is -0.838. The molecule has 0 aliphatic rings. The molecule has 0 bridgehead atoms. The summed E-state index contributed by atoms with van der Waals surface area (Å²) >= 11 is 0. The van der Waals surface area contributed by atoms with E-state index >= 15 is 0 Å². The summed E-state index contributed by atoms with van der Waals surface area (Å²) < 4.78 is 10.2. The first kappa shape index (κ1) is 18.5. The van der Waals surface area contributed by atoms with Crippen LogP contribution in [0.25, 0.3) is 0 Å². The van der Waals surface area contributed by atoms with Crippen molar-refractivity contribution in [3.8, 4) is 5.75 Å². The number of para-hydroxylation sites is 1. The number of rotatable bonds is 8. The number of carbonyl (C=O) groups is 3. The highest BCUT2D eigenvalue weighted by Gasteiger charge is 2.18. The summed E-state index contributed by atoms with van der Waals surface area (Å²) in [6.07, 6.45) is -0.838. The Balaban J connectivity index is 2.26. The summed E-state index contributed by atoms with van der Waals surface area (Å²) in [5, 5.41) is 4.99.